The molecule has 0 radical (unpaired) electrons. The van der Waals surface area contributed by atoms with Crippen molar-refractivity contribution in [2.24, 2.45) is 0 Å². The molecule has 5 nitrogen and oxygen atoms in total. The summed E-state index contributed by atoms with van der Waals surface area (Å²) in [6.07, 6.45) is -0.322. The second kappa shape index (κ2) is 7.20. The number of benzene rings is 1. The number of rotatable bonds is 5. The monoisotopic (exact) mass is 315 g/mol. The lowest BCUT2D eigenvalue weighted by atomic mass is 10.2. The average molecular weight is 315 g/mol. The third-order valence-electron chi connectivity index (χ3n) is 2.59. The van der Waals surface area contributed by atoms with Gasteiger partial charge in [-0.2, -0.15) is 4.39 Å². The highest BCUT2D eigenvalue weighted by Gasteiger charge is 2.20. The van der Waals surface area contributed by atoms with Gasteiger partial charge in [-0.1, -0.05) is 0 Å². The maximum atomic E-state index is 13.6. The van der Waals surface area contributed by atoms with E-state index in [9.17, 15) is 18.4 Å². The van der Waals surface area contributed by atoms with Gasteiger partial charge in [-0.05, 0) is 32.9 Å². The molecule has 0 heterocycles. The molecular weight excluding hydrogens is 296 g/mol. The van der Waals surface area contributed by atoms with E-state index in [1.54, 1.807) is 20.8 Å². The molecule has 0 spiro atoms. The first-order valence-corrected chi connectivity index (χ1v) is 6.66. The number of ether oxygens (including phenoxy) is 2. The van der Waals surface area contributed by atoms with Crippen molar-refractivity contribution in [3.8, 4) is 5.75 Å². The van der Waals surface area contributed by atoms with Crippen molar-refractivity contribution in [1.29, 1.82) is 0 Å². The number of likely N-dealkylation sites (N-methyl/N-ethyl adjacent to an activating group) is 1. The Morgan fingerprint density at radius 2 is 1.91 bits per heavy atom. The largest absolute Gasteiger partial charge is 0.489 e. The smallest absolute Gasteiger partial charge is 0.410 e. The van der Waals surface area contributed by atoms with Crippen LogP contribution in [-0.4, -0.2) is 43.1 Å². The molecule has 7 heteroatoms. The fourth-order valence-electron chi connectivity index (χ4n) is 1.47. The van der Waals surface area contributed by atoms with Crippen LogP contribution in [0.4, 0.5) is 13.6 Å². The molecule has 0 aliphatic heterocycles. The number of hydrogen-bond donors (Lipinski definition) is 0. The summed E-state index contributed by atoms with van der Waals surface area (Å²) >= 11 is 0. The molecule has 0 aromatic heterocycles. The SMILES string of the molecule is CN(CCOc1ccc(C=O)c(F)c1F)C(=O)OC(C)(C)C. The topological polar surface area (TPSA) is 55.8 Å². The highest BCUT2D eigenvalue weighted by Crippen LogP contribution is 2.21. The van der Waals surface area contributed by atoms with Crippen LogP contribution in [0.2, 0.25) is 0 Å². The van der Waals surface area contributed by atoms with Crippen molar-refractivity contribution in [2.45, 2.75) is 26.4 Å². The Morgan fingerprint density at radius 1 is 1.27 bits per heavy atom. The van der Waals surface area contributed by atoms with Gasteiger partial charge in [-0.3, -0.25) is 4.79 Å². The van der Waals surface area contributed by atoms with E-state index in [4.69, 9.17) is 9.47 Å². The van der Waals surface area contributed by atoms with E-state index < -0.39 is 23.3 Å². The van der Waals surface area contributed by atoms with Gasteiger partial charge in [0.1, 0.15) is 12.2 Å². The molecule has 0 atom stereocenters. The van der Waals surface area contributed by atoms with Crippen LogP contribution < -0.4 is 4.74 Å². The van der Waals surface area contributed by atoms with Crippen molar-refractivity contribution in [1.82, 2.24) is 4.90 Å². The van der Waals surface area contributed by atoms with Crippen molar-refractivity contribution in [3.05, 3.63) is 29.3 Å². The van der Waals surface area contributed by atoms with Crippen LogP contribution in [0.5, 0.6) is 5.75 Å². The van der Waals surface area contributed by atoms with Gasteiger partial charge in [0.05, 0.1) is 12.1 Å². The van der Waals surface area contributed by atoms with E-state index in [0.29, 0.717) is 0 Å². The molecule has 0 fully saturated rings. The Bertz CT molecular complexity index is 555. The number of halogens is 2. The van der Waals surface area contributed by atoms with Crippen LogP contribution in [0.1, 0.15) is 31.1 Å². The van der Waals surface area contributed by atoms with Gasteiger partial charge in [-0.15, -0.1) is 0 Å². The fourth-order valence-corrected chi connectivity index (χ4v) is 1.47. The third-order valence-corrected chi connectivity index (χ3v) is 2.59. The van der Waals surface area contributed by atoms with Crippen LogP contribution in [0.25, 0.3) is 0 Å². The Labute approximate surface area is 127 Å². The lowest BCUT2D eigenvalue weighted by Crippen LogP contribution is -2.36. The Kier molecular flexibility index (Phi) is 5.84. The van der Waals surface area contributed by atoms with E-state index >= 15 is 0 Å². The quantitative estimate of drug-likeness (QED) is 0.784. The molecule has 0 aliphatic rings. The zero-order valence-electron chi connectivity index (χ0n) is 13.0. The summed E-state index contributed by atoms with van der Waals surface area (Å²) in [4.78, 5) is 23.4. The van der Waals surface area contributed by atoms with Crippen molar-refractivity contribution < 1.29 is 27.8 Å². The minimum atomic E-state index is -1.26. The van der Waals surface area contributed by atoms with E-state index in [0.717, 1.165) is 12.1 Å². The van der Waals surface area contributed by atoms with Gasteiger partial charge < -0.3 is 14.4 Å². The van der Waals surface area contributed by atoms with Gasteiger partial charge in [-0.25, -0.2) is 9.18 Å². The number of aldehydes is 1. The molecule has 122 valence electrons. The van der Waals surface area contributed by atoms with Gasteiger partial charge >= 0.3 is 6.09 Å². The molecular formula is C15H19F2NO4. The Balaban J connectivity index is 2.56. The van der Waals surface area contributed by atoms with Gasteiger partial charge in [0.15, 0.2) is 17.9 Å². The summed E-state index contributed by atoms with van der Waals surface area (Å²) in [5, 5.41) is 0. The first kappa shape index (κ1) is 17.9. The first-order valence-electron chi connectivity index (χ1n) is 6.66. The molecule has 0 saturated carbocycles. The van der Waals surface area contributed by atoms with Crippen LogP contribution in [0.15, 0.2) is 12.1 Å². The summed E-state index contributed by atoms with van der Waals surface area (Å²) in [6, 6.07) is 2.29. The minimum absolute atomic E-state index is 0.0491. The predicted octanol–water partition coefficient (Wildman–Crippen LogP) is 3.02. The Hall–Kier alpha value is -2.18. The fraction of sp³-hybridized carbons (Fsp3) is 0.467. The van der Waals surface area contributed by atoms with E-state index in [-0.39, 0.29) is 30.8 Å². The van der Waals surface area contributed by atoms with Gasteiger partial charge in [0.25, 0.3) is 0 Å². The number of hydrogen-bond acceptors (Lipinski definition) is 4. The first-order chi connectivity index (χ1) is 10.2. The van der Waals surface area contributed by atoms with Crippen LogP contribution in [0, 0.1) is 11.6 Å². The molecule has 22 heavy (non-hydrogen) atoms. The van der Waals surface area contributed by atoms with Crippen molar-refractivity contribution >= 4 is 12.4 Å². The predicted molar refractivity (Wildman–Crippen MR) is 76.1 cm³/mol. The molecule has 0 unspecified atom stereocenters. The third kappa shape index (κ3) is 4.98. The maximum absolute atomic E-state index is 13.6. The number of carbonyl (C=O) groups excluding carboxylic acids is 2. The lowest BCUT2D eigenvalue weighted by molar-refractivity contribution is 0.0277. The Morgan fingerprint density at radius 3 is 2.45 bits per heavy atom. The summed E-state index contributed by atoms with van der Waals surface area (Å²) < 4.78 is 37.2. The molecule has 0 aliphatic carbocycles. The number of amides is 1. The number of carbonyl (C=O) groups is 2. The van der Waals surface area contributed by atoms with E-state index in [1.807, 2.05) is 0 Å². The average Bonchev–Trinajstić information content (AvgIpc) is 2.41. The molecule has 0 bridgehead atoms. The van der Waals surface area contributed by atoms with Crippen molar-refractivity contribution in [2.75, 3.05) is 20.2 Å². The standard InChI is InChI=1S/C15H19F2NO4/c1-15(2,3)22-14(20)18(4)7-8-21-11-6-5-10(9-19)12(16)13(11)17/h5-6,9H,7-8H2,1-4H3. The lowest BCUT2D eigenvalue weighted by Gasteiger charge is -2.24. The van der Waals surface area contributed by atoms with Crippen LogP contribution in [0.3, 0.4) is 0 Å². The molecule has 0 saturated heterocycles. The molecule has 1 aromatic rings. The van der Waals surface area contributed by atoms with Crippen LogP contribution >= 0.6 is 0 Å². The van der Waals surface area contributed by atoms with E-state index in [2.05, 4.69) is 0 Å². The normalized spacial score (nSPS) is 11.0. The minimum Gasteiger partial charge on any atom is -0.489 e. The van der Waals surface area contributed by atoms with Gasteiger partial charge in [0.2, 0.25) is 5.82 Å². The second-order valence-electron chi connectivity index (χ2n) is 5.65. The van der Waals surface area contributed by atoms with E-state index in [1.165, 1.54) is 11.9 Å². The summed E-state index contributed by atoms with van der Waals surface area (Å²) in [6.45, 7) is 5.30. The maximum Gasteiger partial charge on any atom is 0.410 e. The summed E-state index contributed by atoms with van der Waals surface area (Å²) in [5.74, 6) is -2.81. The highest BCUT2D eigenvalue weighted by atomic mass is 19.2. The van der Waals surface area contributed by atoms with Crippen molar-refractivity contribution in [3.63, 3.8) is 0 Å². The number of nitrogens with zero attached hydrogens (tertiary/aromatic N) is 1. The molecule has 0 N–H and O–H groups in total. The summed E-state index contributed by atoms with van der Waals surface area (Å²) in [5.41, 5.74) is -0.998. The van der Waals surface area contributed by atoms with Crippen LogP contribution in [-0.2, 0) is 4.74 Å². The summed E-state index contributed by atoms with van der Waals surface area (Å²) in [7, 11) is 1.50. The molecule has 1 rings (SSSR count). The molecule has 1 amide bonds. The zero-order valence-corrected chi connectivity index (χ0v) is 13.0. The van der Waals surface area contributed by atoms with Gasteiger partial charge in [0, 0.05) is 7.05 Å². The zero-order chi connectivity index (χ0) is 16.9. The highest BCUT2D eigenvalue weighted by molar-refractivity contribution is 5.75. The second-order valence-corrected chi connectivity index (χ2v) is 5.65. The molecule has 1 aromatic carbocycles.